The molecule has 1 fully saturated rings. The number of carbonyl (C=O) groups is 1. The summed E-state index contributed by atoms with van der Waals surface area (Å²) in [6.07, 6.45) is 2.98. The predicted octanol–water partition coefficient (Wildman–Crippen LogP) is 1.83. The van der Waals surface area contributed by atoms with Gasteiger partial charge in [0.25, 0.3) is 5.91 Å². The fourth-order valence-corrected chi connectivity index (χ4v) is 3.31. The number of amides is 1. The van der Waals surface area contributed by atoms with Crippen LogP contribution in [-0.4, -0.2) is 78.0 Å². The number of nitrogens with zero attached hydrogens (tertiary/aromatic N) is 4. The summed E-state index contributed by atoms with van der Waals surface area (Å²) < 4.78 is 6.17. The third-order valence-electron chi connectivity index (χ3n) is 4.58. The molecule has 27 heavy (non-hydrogen) atoms. The van der Waals surface area contributed by atoms with Gasteiger partial charge in [-0.1, -0.05) is 0 Å². The van der Waals surface area contributed by atoms with Gasteiger partial charge >= 0.3 is 0 Å². The summed E-state index contributed by atoms with van der Waals surface area (Å²) in [7, 11) is 7.58. The topological polar surface area (TPSA) is 64.7 Å². The van der Waals surface area contributed by atoms with E-state index in [0.717, 1.165) is 49.7 Å². The van der Waals surface area contributed by atoms with E-state index >= 15 is 0 Å². The fraction of sp³-hybridized carbons (Fsp3) is 0.500. The minimum Gasteiger partial charge on any atom is -0.489 e. The molecule has 2 aromatic rings. The Bertz CT molecular complexity index is 771. The minimum atomic E-state index is -0.00454. The molecule has 0 radical (unpaired) electrons. The molecule has 1 aliphatic heterocycles. The number of nitrogens with one attached hydrogen (secondary N) is 1. The second kappa shape index (κ2) is 8.54. The highest BCUT2D eigenvalue weighted by atomic mass is 16.5. The maximum absolute atomic E-state index is 12.0. The number of ether oxygens (including phenoxy) is 1. The van der Waals surface area contributed by atoms with Crippen molar-refractivity contribution in [3.05, 3.63) is 47.5 Å². The number of carbonyl (C=O) groups excluding carboxylic acids is 1. The van der Waals surface area contributed by atoms with Crippen molar-refractivity contribution >= 4 is 5.91 Å². The van der Waals surface area contributed by atoms with Crippen LogP contribution >= 0.6 is 0 Å². The molecule has 1 aliphatic rings. The largest absolute Gasteiger partial charge is 0.489 e. The molecule has 7 nitrogen and oxygen atoms in total. The molecular formula is C20H29N5O2. The number of H-pyrrole nitrogens is 1. The second-order valence-electron chi connectivity index (χ2n) is 7.58. The molecule has 0 aliphatic carbocycles. The zero-order chi connectivity index (χ0) is 19.4. The van der Waals surface area contributed by atoms with Gasteiger partial charge in [-0.3, -0.25) is 14.7 Å². The Morgan fingerprint density at radius 2 is 2.11 bits per heavy atom. The van der Waals surface area contributed by atoms with Crippen LogP contribution in [-0.2, 0) is 13.1 Å². The van der Waals surface area contributed by atoms with Crippen LogP contribution in [0.25, 0.3) is 0 Å². The van der Waals surface area contributed by atoms with Gasteiger partial charge in [-0.25, -0.2) is 0 Å². The highest BCUT2D eigenvalue weighted by Crippen LogP contribution is 2.20. The average Bonchev–Trinajstić information content (AvgIpc) is 3.24. The van der Waals surface area contributed by atoms with Crippen molar-refractivity contribution in [2.45, 2.75) is 25.6 Å². The second-order valence-corrected chi connectivity index (χ2v) is 7.58. The van der Waals surface area contributed by atoms with Crippen LogP contribution < -0.4 is 4.74 Å². The Morgan fingerprint density at radius 1 is 1.30 bits per heavy atom. The number of aromatic nitrogens is 2. The molecule has 1 unspecified atom stereocenters. The van der Waals surface area contributed by atoms with Gasteiger partial charge in [0.05, 0.1) is 5.69 Å². The molecule has 1 amide bonds. The third-order valence-corrected chi connectivity index (χ3v) is 4.58. The van der Waals surface area contributed by atoms with Crippen LogP contribution in [0.5, 0.6) is 5.75 Å². The summed E-state index contributed by atoms with van der Waals surface area (Å²) in [4.78, 5) is 25.6. The van der Waals surface area contributed by atoms with Gasteiger partial charge in [-0.2, -0.15) is 0 Å². The Labute approximate surface area is 160 Å². The summed E-state index contributed by atoms with van der Waals surface area (Å²) in [5.74, 6) is 0.877. The van der Waals surface area contributed by atoms with Gasteiger partial charge in [-0.15, -0.1) is 0 Å². The van der Waals surface area contributed by atoms with Crippen LogP contribution in [0.3, 0.4) is 0 Å². The van der Waals surface area contributed by atoms with E-state index in [-0.39, 0.29) is 12.0 Å². The van der Waals surface area contributed by atoms with Crippen molar-refractivity contribution in [2.75, 3.05) is 41.3 Å². The molecule has 2 aromatic heterocycles. The van der Waals surface area contributed by atoms with E-state index in [1.54, 1.807) is 19.0 Å². The van der Waals surface area contributed by atoms with Gasteiger partial charge in [0, 0.05) is 58.2 Å². The first kappa shape index (κ1) is 19.4. The number of aromatic amines is 1. The van der Waals surface area contributed by atoms with E-state index in [9.17, 15) is 4.79 Å². The van der Waals surface area contributed by atoms with Gasteiger partial charge < -0.3 is 19.5 Å². The minimum absolute atomic E-state index is 0.00454. The predicted molar refractivity (Wildman–Crippen MR) is 105 cm³/mol. The zero-order valence-electron chi connectivity index (χ0n) is 16.6. The molecular weight excluding hydrogens is 342 g/mol. The number of hydrogen-bond donors (Lipinski definition) is 1. The maximum atomic E-state index is 12.0. The van der Waals surface area contributed by atoms with Crippen LogP contribution in [0.4, 0.5) is 0 Å². The van der Waals surface area contributed by atoms with Gasteiger partial charge in [0.2, 0.25) is 0 Å². The first-order chi connectivity index (χ1) is 12.9. The number of pyridine rings is 1. The lowest BCUT2D eigenvalue weighted by molar-refractivity contribution is 0.0822. The first-order valence-corrected chi connectivity index (χ1v) is 9.29. The molecule has 0 aromatic carbocycles. The Hall–Kier alpha value is -2.38. The lowest BCUT2D eigenvalue weighted by Crippen LogP contribution is -2.25. The zero-order valence-corrected chi connectivity index (χ0v) is 16.6. The Kier molecular flexibility index (Phi) is 6.13. The van der Waals surface area contributed by atoms with Crippen molar-refractivity contribution in [3.8, 4) is 5.75 Å². The summed E-state index contributed by atoms with van der Waals surface area (Å²) in [6, 6.07) is 7.78. The summed E-state index contributed by atoms with van der Waals surface area (Å²) >= 11 is 0. The van der Waals surface area contributed by atoms with Gasteiger partial charge in [0.15, 0.2) is 0 Å². The summed E-state index contributed by atoms with van der Waals surface area (Å²) in [5, 5.41) is 0. The first-order valence-electron chi connectivity index (χ1n) is 9.29. The molecule has 146 valence electrons. The van der Waals surface area contributed by atoms with E-state index < -0.39 is 0 Å². The highest BCUT2D eigenvalue weighted by molar-refractivity contribution is 5.92. The van der Waals surface area contributed by atoms with Crippen LogP contribution in [0, 0.1) is 0 Å². The Morgan fingerprint density at radius 3 is 2.85 bits per heavy atom. The molecule has 0 spiro atoms. The van der Waals surface area contributed by atoms with Crippen molar-refractivity contribution in [2.24, 2.45) is 0 Å². The van der Waals surface area contributed by atoms with Crippen molar-refractivity contribution < 1.29 is 9.53 Å². The molecule has 0 saturated carbocycles. The van der Waals surface area contributed by atoms with E-state index in [0.29, 0.717) is 5.69 Å². The highest BCUT2D eigenvalue weighted by Gasteiger charge is 2.24. The third kappa shape index (κ3) is 5.30. The molecule has 1 saturated heterocycles. The van der Waals surface area contributed by atoms with E-state index in [1.165, 1.54) is 0 Å². The van der Waals surface area contributed by atoms with Crippen LogP contribution in [0.1, 0.15) is 28.3 Å². The molecule has 7 heteroatoms. The lowest BCUT2D eigenvalue weighted by atomic mass is 10.3. The van der Waals surface area contributed by atoms with Crippen LogP contribution in [0.15, 0.2) is 30.5 Å². The summed E-state index contributed by atoms with van der Waals surface area (Å²) in [5.41, 5.74) is 2.70. The summed E-state index contributed by atoms with van der Waals surface area (Å²) in [6.45, 7) is 3.45. The van der Waals surface area contributed by atoms with Crippen LogP contribution in [0.2, 0.25) is 0 Å². The Balaban J connectivity index is 1.53. The number of likely N-dealkylation sites (tertiary alicyclic amines) is 1. The average molecular weight is 371 g/mol. The molecule has 1 atom stereocenters. The van der Waals surface area contributed by atoms with Gasteiger partial charge in [0.1, 0.15) is 17.5 Å². The normalized spacial score (nSPS) is 17.4. The quantitative estimate of drug-likeness (QED) is 0.804. The van der Waals surface area contributed by atoms with Crippen molar-refractivity contribution in [1.82, 2.24) is 24.7 Å². The maximum Gasteiger partial charge on any atom is 0.269 e. The monoisotopic (exact) mass is 371 g/mol. The SMILES string of the molecule is CN(C)Cc1cc(OC2CCN(Cc3ccc(C(=O)N(C)C)[nH]3)C2)ccn1. The fourth-order valence-electron chi connectivity index (χ4n) is 3.31. The standard InChI is InChI=1S/C20H29N5O2/c1-23(2)12-16-11-17(7-9-21-16)27-18-8-10-25(14-18)13-15-5-6-19(22-15)20(26)24(3)4/h5-7,9,11,18,22H,8,10,12-14H2,1-4H3. The van der Waals surface area contributed by atoms with Crippen molar-refractivity contribution in [3.63, 3.8) is 0 Å². The lowest BCUT2D eigenvalue weighted by Gasteiger charge is -2.17. The van der Waals surface area contributed by atoms with E-state index in [4.69, 9.17) is 4.74 Å². The molecule has 1 N–H and O–H groups in total. The van der Waals surface area contributed by atoms with E-state index in [1.807, 2.05) is 44.6 Å². The number of rotatable bonds is 7. The van der Waals surface area contributed by atoms with Crippen molar-refractivity contribution in [1.29, 1.82) is 0 Å². The molecule has 0 bridgehead atoms. The van der Waals surface area contributed by atoms with Gasteiger partial charge in [-0.05, 0) is 38.7 Å². The van der Waals surface area contributed by atoms with E-state index in [2.05, 4.69) is 19.8 Å². The number of hydrogen-bond acceptors (Lipinski definition) is 5. The molecule has 3 heterocycles. The smallest absolute Gasteiger partial charge is 0.269 e. The molecule has 3 rings (SSSR count).